The van der Waals surface area contributed by atoms with Crippen molar-refractivity contribution in [2.75, 3.05) is 10.6 Å². The van der Waals surface area contributed by atoms with E-state index in [0.717, 1.165) is 0 Å². The summed E-state index contributed by atoms with van der Waals surface area (Å²) in [7, 11) is 0. The van der Waals surface area contributed by atoms with Crippen molar-refractivity contribution in [1.29, 1.82) is 16.1 Å². The molecule has 0 spiro atoms. The predicted molar refractivity (Wildman–Crippen MR) is 136 cm³/mol. The lowest BCUT2D eigenvalue weighted by Gasteiger charge is -2.24. The maximum absolute atomic E-state index is 12.3. The number of hydrogen-bond donors (Lipinski definition) is 5. The van der Waals surface area contributed by atoms with E-state index >= 15 is 0 Å². The summed E-state index contributed by atoms with van der Waals surface area (Å²) in [4.78, 5) is 12.3. The Morgan fingerprint density at radius 2 is 1.71 bits per heavy atom. The van der Waals surface area contributed by atoms with Crippen LogP contribution in [0, 0.1) is 29.1 Å². The van der Waals surface area contributed by atoms with Crippen LogP contribution in [-0.4, -0.2) is 35.0 Å². The van der Waals surface area contributed by atoms with Crippen LogP contribution >= 0.6 is 11.6 Å². The molecule has 0 heterocycles. The van der Waals surface area contributed by atoms with E-state index in [1.807, 2.05) is 12.1 Å². The van der Waals surface area contributed by atoms with Crippen LogP contribution < -0.4 is 10.6 Å². The smallest absolute Gasteiger partial charge is 0.255 e. The highest BCUT2D eigenvalue weighted by atomic mass is 35.5. The number of nitrogens with zero attached hydrogens (tertiary/aromatic N) is 1. The molecule has 0 aliphatic heterocycles. The molecular weight excluding hydrogens is 466 g/mol. The molecule has 3 rings (SSSR count). The summed E-state index contributed by atoms with van der Waals surface area (Å²) in [5, 5.41) is 41.9. The second-order valence-electron chi connectivity index (χ2n) is 7.77. The van der Waals surface area contributed by atoms with Crippen molar-refractivity contribution < 1.29 is 14.6 Å². The number of amides is 1. The minimum absolute atomic E-state index is 0.254. The Morgan fingerprint density at radius 3 is 2.31 bits per heavy atom. The molecule has 0 radical (unpaired) electrons. The first kappa shape index (κ1) is 25.4. The fraction of sp³-hybridized carbons (Fsp3) is 0.154. The summed E-state index contributed by atoms with van der Waals surface area (Å²) < 4.78 is 5.41. The van der Waals surface area contributed by atoms with Gasteiger partial charge in [0.25, 0.3) is 5.91 Å². The Balaban J connectivity index is 1.67. The zero-order chi connectivity index (χ0) is 25.5. The van der Waals surface area contributed by atoms with Crippen LogP contribution in [0.2, 0.25) is 5.02 Å². The van der Waals surface area contributed by atoms with Crippen molar-refractivity contribution in [3.05, 3.63) is 94.0 Å². The van der Waals surface area contributed by atoms with Crippen molar-refractivity contribution >= 4 is 40.7 Å². The molecule has 35 heavy (non-hydrogen) atoms. The summed E-state index contributed by atoms with van der Waals surface area (Å²) in [5.41, 5.74) is 2.89. The maximum atomic E-state index is 12.3. The number of ether oxygens (including phenoxy) is 1. The first-order chi connectivity index (χ1) is 16.7. The number of aliphatic hydroxyl groups is 1. The number of aliphatic hydroxyl groups excluding tert-OH is 1. The average Bonchev–Trinajstić information content (AvgIpc) is 2.85. The van der Waals surface area contributed by atoms with Crippen molar-refractivity contribution in [1.82, 2.24) is 0 Å². The number of carbonyl (C=O) groups excluding carboxylic acids is 1. The number of nitriles is 1. The van der Waals surface area contributed by atoms with Crippen LogP contribution in [0.25, 0.3) is 0 Å². The Labute approximate surface area is 208 Å². The quantitative estimate of drug-likeness (QED) is 0.235. The van der Waals surface area contributed by atoms with Crippen molar-refractivity contribution in [3.8, 4) is 6.07 Å². The zero-order valence-electron chi connectivity index (χ0n) is 19.1. The Morgan fingerprint density at radius 1 is 1.06 bits per heavy atom. The van der Waals surface area contributed by atoms with E-state index in [1.54, 1.807) is 67.6 Å². The number of carbonyl (C=O) groups is 1. The van der Waals surface area contributed by atoms with E-state index in [2.05, 4.69) is 10.6 Å². The number of rotatable bonds is 7. The highest BCUT2D eigenvalue weighted by Crippen LogP contribution is 2.28. The van der Waals surface area contributed by atoms with Crippen LogP contribution in [0.15, 0.2) is 66.7 Å². The van der Waals surface area contributed by atoms with Gasteiger partial charge in [0, 0.05) is 22.5 Å². The molecular formula is C26H24ClN5O3. The van der Waals surface area contributed by atoms with Crippen LogP contribution in [0.1, 0.15) is 34.0 Å². The Kier molecular flexibility index (Phi) is 8.21. The van der Waals surface area contributed by atoms with Gasteiger partial charge in [-0.3, -0.25) is 15.6 Å². The van der Waals surface area contributed by atoms with E-state index in [-0.39, 0.29) is 22.7 Å². The Hall–Kier alpha value is -4.19. The second kappa shape index (κ2) is 11.3. The van der Waals surface area contributed by atoms with Gasteiger partial charge < -0.3 is 20.5 Å². The number of anilines is 2. The van der Waals surface area contributed by atoms with Gasteiger partial charge in [0.1, 0.15) is 12.1 Å². The molecule has 8 nitrogen and oxygen atoms in total. The molecule has 0 aliphatic carbocycles. The molecule has 9 heteroatoms. The van der Waals surface area contributed by atoms with Crippen LogP contribution in [-0.2, 0) is 4.74 Å². The summed E-state index contributed by atoms with van der Waals surface area (Å²) >= 11 is 6.21. The monoisotopic (exact) mass is 489 g/mol. The molecule has 3 aromatic rings. The summed E-state index contributed by atoms with van der Waals surface area (Å²) in [6, 6.07) is 19.4. The van der Waals surface area contributed by atoms with Gasteiger partial charge in [-0.15, -0.1) is 0 Å². The fourth-order valence-corrected chi connectivity index (χ4v) is 3.44. The zero-order valence-corrected chi connectivity index (χ0v) is 19.9. The van der Waals surface area contributed by atoms with Gasteiger partial charge in [0.2, 0.25) is 11.8 Å². The fourth-order valence-electron chi connectivity index (χ4n) is 3.23. The third-order valence-electron chi connectivity index (χ3n) is 5.24. The molecule has 1 amide bonds. The largest absolute Gasteiger partial charge is 0.423 e. The van der Waals surface area contributed by atoms with Crippen LogP contribution in [0.3, 0.4) is 0 Å². The SMILES string of the molecule is Cc1c(N[C@@H](C(=N)OC(=N)c2ccc(NC(=O)c3ccccc3)cc2)[C@H](C)O)ccc(C#N)c1Cl. The molecule has 2 atom stereocenters. The first-order valence-corrected chi connectivity index (χ1v) is 11.0. The van der Waals surface area contributed by atoms with Crippen molar-refractivity contribution in [2.24, 2.45) is 0 Å². The Bertz CT molecular complexity index is 1280. The summed E-state index contributed by atoms with van der Waals surface area (Å²) in [6.45, 7) is 3.21. The van der Waals surface area contributed by atoms with E-state index in [9.17, 15) is 9.90 Å². The molecule has 0 unspecified atom stereocenters. The lowest BCUT2D eigenvalue weighted by molar-refractivity contribution is 0.102. The third kappa shape index (κ3) is 6.23. The van der Waals surface area contributed by atoms with E-state index in [0.29, 0.717) is 33.6 Å². The van der Waals surface area contributed by atoms with Gasteiger partial charge in [-0.1, -0.05) is 29.8 Å². The molecule has 0 saturated heterocycles. The minimum atomic E-state index is -1.03. The standard InChI is InChI=1S/C26H24ClN5O3/c1-15-21(13-10-19(14-28)22(15)27)32-23(16(2)33)25(30)35-24(29)17-8-11-20(12-9-17)31-26(34)18-6-4-3-5-7-18/h3-13,16,23,29-30,32-33H,1-2H3,(H,31,34)/t16-,23+/m0/s1. The number of halogens is 1. The summed E-state index contributed by atoms with van der Waals surface area (Å²) in [5.74, 6) is -0.917. The average molecular weight is 490 g/mol. The highest BCUT2D eigenvalue weighted by molar-refractivity contribution is 6.32. The van der Waals surface area contributed by atoms with Crippen molar-refractivity contribution in [2.45, 2.75) is 26.0 Å². The first-order valence-electron chi connectivity index (χ1n) is 10.7. The van der Waals surface area contributed by atoms with Gasteiger partial charge in [-0.05, 0) is 67.9 Å². The minimum Gasteiger partial charge on any atom is -0.423 e. The number of hydrogen-bond acceptors (Lipinski definition) is 7. The molecule has 0 saturated carbocycles. The second-order valence-corrected chi connectivity index (χ2v) is 8.14. The normalized spacial score (nSPS) is 12.1. The van der Waals surface area contributed by atoms with E-state index in [1.165, 1.54) is 6.92 Å². The molecule has 0 bridgehead atoms. The third-order valence-corrected chi connectivity index (χ3v) is 5.72. The van der Waals surface area contributed by atoms with Crippen molar-refractivity contribution in [3.63, 3.8) is 0 Å². The topological polar surface area (TPSA) is 142 Å². The molecule has 0 fully saturated rings. The number of benzene rings is 3. The summed E-state index contributed by atoms with van der Waals surface area (Å²) in [6.07, 6.45) is -1.03. The number of nitrogens with one attached hydrogen (secondary N) is 4. The van der Waals surface area contributed by atoms with Gasteiger partial charge in [-0.25, -0.2) is 0 Å². The molecule has 0 aromatic heterocycles. The maximum Gasteiger partial charge on any atom is 0.255 e. The van der Waals surface area contributed by atoms with Gasteiger partial charge >= 0.3 is 0 Å². The van der Waals surface area contributed by atoms with Gasteiger partial charge in [-0.2, -0.15) is 5.26 Å². The predicted octanol–water partition coefficient (Wildman–Crippen LogP) is 4.95. The van der Waals surface area contributed by atoms with Crippen LogP contribution in [0.4, 0.5) is 11.4 Å². The van der Waals surface area contributed by atoms with Gasteiger partial charge in [0.05, 0.1) is 16.7 Å². The molecule has 178 valence electrons. The lowest BCUT2D eigenvalue weighted by Crippen LogP contribution is -2.41. The van der Waals surface area contributed by atoms with Crippen LogP contribution in [0.5, 0.6) is 0 Å². The molecule has 0 aliphatic rings. The lowest BCUT2D eigenvalue weighted by atomic mass is 10.1. The highest BCUT2D eigenvalue weighted by Gasteiger charge is 2.25. The van der Waals surface area contributed by atoms with Gasteiger partial charge in [0.15, 0.2) is 0 Å². The molecule has 3 aromatic carbocycles. The van der Waals surface area contributed by atoms with E-state index < -0.39 is 12.1 Å². The van der Waals surface area contributed by atoms with E-state index in [4.69, 9.17) is 32.4 Å². The molecule has 5 N–H and O–H groups in total.